The highest BCUT2D eigenvalue weighted by molar-refractivity contribution is 6.30. The van der Waals surface area contributed by atoms with Crippen LogP contribution in [0.4, 0.5) is 0 Å². The lowest BCUT2D eigenvalue weighted by molar-refractivity contribution is 0.355. The van der Waals surface area contributed by atoms with E-state index in [4.69, 9.17) is 11.6 Å². The van der Waals surface area contributed by atoms with Gasteiger partial charge >= 0.3 is 0 Å². The average molecular weight is 292 g/mol. The van der Waals surface area contributed by atoms with Crippen molar-refractivity contribution in [1.82, 2.24) is 15.1 Å². The molecule has 0 radical (unpaired) electrons. The van der Waals surface area contributed by atoms with Crippen LogP contribution in [-0.2, 0) is 12.1 Å². The standard InChI is InChI=1S/C16H22ClN3/c1-12(14-6-5-7-15(17)8-14)18-9-13-10-19-20(11-13)16(2,3)4/h5-8,10-12,18H,9H2,1-4H3. The Morgan fingerprint density at radius 2 is 2.10 bits per heavy atom. The van der Waals surface area contributed by atoms with Crippen molar-refractivity contribution < 1.29 is 0 Å². The predicted octanol–water partition coefficient (Wildman–Crippen LogP) is 4.14. The molecule has 4 heteroatoms. The first kappa shape index (κ1) is 15.1. The van der Waals surface area contributed by atoms with Crippen LogP contribution in [0, 0.1) is 0 Å². The summed E-state index contributed by atoms with van der Waals surface area (Å²) in [6, 6.07) is 8.21. The Kier molecular flexibility index (Phi) is 4.51. The summed E-state index contributed by atoms with van der Waals surface area (Å²) in [7, 11) is 0. The fourth-order valence-corrected chi connectivity index (χ4v) is 2.18. The molecule has 2 aromatic rings. The monoisotopic (exact) mass is 291 g/mol. The number of hydrogen-bond donors (Lipinski definition) is 1. The van der Waals surface area contributed by atoms with E-state index in [9.17, 15) is 0 Å². The first-order valence-corrected chi connectivity index (χ1v) is 7.27. The van der Waals surface area contributed by atoms with Crippen molar-refractivity contribution in [2.45, 2.75) is 45.8 Å². The summed E-state index contributed by atoms with van der Waals surface area (Å²) in [6.07, 6.45) is 4.01. The summed E-state index contributed by atoms with van der Waals surface area (Å²) in [5.74, 6) is 0. The molecule has 1 atom stereocenters. The van der Waals surface area contributed by atoms with Crippen LogP contribution in [0.1, 0.15) is 44.9 Å². The summed E-state index contributed by atoms with van der Waals surface area (Å²) in [6.45, 7) is 9.37. The number of halogens is 1. The third-order valence-electron chi connectivity index (χ3n) is 3.28. The summed E-state index contributed by atoms with van der Waals surface area (Å²) in [5.41, 5.74) is 2.41. The zero-order valence-corrected chi connectivity index (χ0v) is 13.3. The maximum absolute atomic E-state index is 6.02. The molecule has 1 heterocycles. The molecule has 2 rings (SSSR count). The molecule has 20 heavy (non-hydrogen) atoms. The van der Waals surface area contributed by atoms with Crippen LogP contribution in [-0.4, -0.2) is 9.78 Å². The molecular formula is C16H22ClN3. The molecule has 0 fully saturated rings. The van der Waals surface area contributed by atoms with Crippen LogP contribution in [0.25, 0.3) is 0 Å². The lowest BCUT2D eigenvalue weighted by Crippen LogP contribution is -2.22. The number of benzene rings is 1. The Morgan fingerprint density at radius 3 is 2.70 bits per heavy atom. The van der Waals surface area contributed by atoms with Gasteiger partial charge in [-0.25, -0.2) is 0 Å². The van der Waals surface area contributed by atoms with Crippen molar-refractivity contribution in [3.63, 3.8) is 0 Å². The minimum atomic E-state index is 0.0246. The van der Waals surface area contributed by atoms with Crippen molar-refractivity contribution in [2.75, 3.05) is 0 Å². The number of aromatic nitrogens is 2. The number of nitrogens with zero attached hydrogens (tertiary/aromatic N) is 2. The molecule has 0 saturated heterocycles. The van der Waals surface area contributed by atoms with Crippen LogP contribution in [0.5, 0.6) is 0 Å². The molecule has 108 valence electrons. The second-order valence-electron chi connectivity index (χ2n) is 6.12. The topological polar surface area (TPSA) is 29.9 Å². The Labute approximate surface area is 126 Å². The van der Waals surface area contributed by atoms with Gasteiger partial charge in [0.05, 0.1) is 11.7 Å². The molecule has 0 saturated carbocycles. The van der Waals surface area contributed by atoms with Gasteiger partial charge in [0.25, 0.3) is 0 Å². The summed E-state index contributed by atoms with van der Waals surface area (Å²) in [4.78, 5) is 0. The van der Waals surface area contributed by atoms with E-state index in [1.54, 1.807) is 0 Å². The van der Waals surface area contributed by atoms with Crippen LogP contribution in [0.3, 0.4) is 0 Å². The fraction of sp³-hybridized carbons (Fsp3) is 0.438. The summed E-state index contributed by atoms with van der Waals surface area (Å²) >= 11 is 6.02. The zero-order valence-electron chi connectivity index (χ0n) is 12.5. The first-order valence-electron chi connectivity index (χ1n) is 6.89. The second-order valence-corrected chi connectivity index (χ2v) is 6.56. The molecule has 0 bridgehead atoms. The lowest BCUT2D eigenvalue weighted by Gasteiger charge is -2.18. The average Bonchev–Trinajstić information content (AvgIpc) is 2.84. The Morgan fingerprint density at radius 1 is 1.35 bits per heavy atom. The summed E-state index contributed by atoms with van der Waals surface area (Å²) in [5, 5.41) is 8.68. The quantitative estimate of drug-likeness (QED) is 0.917. The molecule has 0 aliphatic heterocycles. The third kappa shape index (κ3) is 3.84. The van der Waals surface area contributed by atoms with Gasteiger partial charge in [-0.2, -0.15) is 5.10 Å². The van der Waals surface area contributed by atoms with Crippen molar-refractivity contribution in [1.29, 1.82) is 0 Å². The molecule has 1 aromatic heterocycles. The van der Waals surface area contributed by atoms with E-state index in [-0.39, 0.29) is 11.6 Å². The van der Waals surface area contributed by atoms with Gasteiger partial charge in [-0.3, -0.25) is 4.68 Å². The normalized spacial score (nSPS) is 13.4. The van der Waals surface area contributed by atoms with E-state index in [1.807, 2.05) is 29.1 Å². The molecular weight excluding hydrogens is 270 g/mol. The molecule has 0 aliphatic rings. The zero-order chi connectivity index (χ0) is 14.8. The highest BCUT2D eigenvalue weighted by Gasteiger charge is 2.14. The van der Waals surface area contributed by atoms with Gasteiger partial charge in [0.2, 0.25) is 0 Å². The van der Waals surface area contributed by atoms with Crippen molar-refractivity contribution in [3.8, 4) is 0 Å². The molecule has 3 nitrogen and oxygen atoms in total. The van der Waals surface area contributed by atoms with E-state index in [0.29, 0.717) is 0 Å². The van der Waals surface area contributed by atoms with E-state index in [0.717, 1.165) is 11.6 Å². The molecule has 1 aromatic carbocycles. The van der Waals surface area contributed by atoms with Crippen LogP contribution in [0.2, 0.25) is 5.02 Å². The third-order valence-corrected chi connectivity index (χ3v) is 3.52. The SMILES string of the molecule is CC(NCc1cnn(C(C)(C)C)c1)c1cccc(Cl)c1. The van der Waals surface area contributed by atoms with Crippen LogP contribution >= 0.6 is 11.6 Å². The van der Waals surface area contributed by atoms with Gasteiger partial charge in [0.1, 0.15) is 0 Å². The first-order chi connectivity index (χ1) is 9.36. The number of hydrogen-bond acceptors (Lipinski definition) is 2. The van der Waals surface area contributed by atoms with Crippen LogP contribution in [0.15, 0.2) is 36.7 Å². The van der Waals surface area contributed by atoms with E-state index in [2.05, 4.69) is 50.4 Å². The van der Waals surface area contributed by atoms with E-state index >= 15 is 0 Å². The van der Waals surface area contributed by atoms with E-state index in [1.165, 1.54) is 11.1 Å². The minimum absolute atomic E-state index is 0.0246. The number of nitrogens with one attached hydrogen (secondary N) is 1. The molecule has 0 aliphatic carbocycles. The smallest absolute Gasteiger partial charge is 0.0543 e. The summed E-state index contributed by atoms with van der Waals surface area (Å²) < 4.78 is 1.99. The van der Waals surface area contributed by atoms with E-state index < -0.39 is 0 Å². The number of rotatable bonds is 4. The molecule has 1 unspecified atom stereocenters. The van der Waals surface area contributed by atoms with Gasteiger partial charge in [-0.1, -0.05) is 23.7 Å². The lowest BCUT2D eigenvalue weighted by atomic mass is 10.1. The predicted molar refractivity (Wildman–Crippen MR) is 83.9 cm³/mol. The Balaban J connectivity index is 1.97. The Bertz CT molecular complexity index is 569. The highest BCUT2D eigenvalue weighted by atomic mass is 35.5. The maximum atomic E-state index is 6.02. The second kappa shape index (κ2) is 5.98. The Hall–Kier alpha value is -1.32. The van der Waals surface area contributed by atoms with Gasteiger partial charge in [0.15, 0.2) is 0 Å². The molecule has 1 N–H and O–H groups in total. The maximum Gasteiger partial charge on any atom is 0.0543 e. The largest absolute Gasteiger partial charge is 0.306 e. The van der Waals surface area contributed by atoms with Gasteiger partial charge in [0, 0.05) is 29.4 Å². The molecule has 0 spiro atoms. The fourth-order valence-electron chi connectivity index (χ4n) is 1.98. The van der Waals surface area contributed by atoms with Crippen molar-refractivity contribution >= 4 is 11.6 Å². The minimum Gasteiger partial charge on any atom is -0.306 e. The van der Waals surface area contributed by atoms with Gasteiger partial charge < -0.3 is 5.32 Å². The van der Waals surface area contributed by atoms with Gasteiger partial charge in [-0.15, -0.1) is 0 Å². The van der Waals surface area contributed by atoms with Gasteiger partial charge in [-0.05, 0) is 45.4 Å². The van der Waals surface area contributed by atoms with Crippen molar-refractivity contribution in [3.05, 3.63) is 52.8 Å². The van der Waals surface area contributed by atoms with Crippen LogP contribution < -0.4 is 5.32 Å². The van der Waals surface area contributed by atoms with Crippen molar-refractivity contribution in [2.24, 2.45) is 0 Å². The molecule has 0 amide bonds. The highest BCUT2D eigenvalue weighted by Crippen LogP contribution is 2.18.